The number of phenols is 1. The van der Waals surface area contributed by atoms with Crippen LogP contribution >= 0.6 is 0 Å². The second kappa shape index (κ2) is 4.77. The van der Waals surface area contributed by atoms with E-state index in [0.717, 1.165) is 6.07 Å². The van der Waals surface area contributed by atoms with Gasteiger partial charge in [0.15, 0.2) is 0 Å². The fraction of sp³-hybridized carbons (Fsp3) is 0.0909. The minimum absolute atomic E-state index is 0.0118. The molecule has 1 aromatic heterocycles. The number of rotatable bonds is 3. The Morgan fingerprint density at radius 2 is 2.26 bits per heavy atom. The van der Waals surface area contributed by atoms with Gasteiger partial charge in [-0.1, -0.05) is 5.16 Å². The number of aromatic hydroxyl groups is 1. The highest BCUT2D eigenvalue weighted by Crippen LogP contribution is 2.28. The Morgan fingerprint density at radius 1 is 1.53 bits per heavy atom. The van der Waals surface area contributed by atoms with Gasteiger partial charge in [-0.25, -0.2) is 0 Å². The van der Waals surface area contributed by atoms with Gasteiger partial charge in [0.1, 0.15) is 5.75 Å². The molecule has 19 heavy (non-hydrogen) atoms. The molecule has 98 valence electrons. The monoisotopic (exact) mass is 263 g/mol. The number of nitro benzene ring substituents is 1. The van der Waals surface area contributed by atoms with Gasteiger partial charge in [-0.05, 0) is 13.0 Å². The number of nitrogens with one attached hydrogen (secondary N) is 1. The molecular weight excluding hydrogens is 254 g/mol. The minimum atomic E-state index is -0.647. The van der Waals surface area contributed by atoms with Crippen molar-refractivity contribution in [1.82, 2.24) is 5.16 Å². The average Bonchev–Trinajstić information content (AvgIpc) is 2.77. The molecular formula is C11H9N3O5. The molecule has 1 amide bonds. The molecule has 0 bridgehead atoms. The fourth-order valence-electron chi connectivity index (χ4n) is 1.43. The summed E-state index contributed by atoms with van der Waals surface area (Å²) in [6, 6.07) is 3.35. The fourth-order valence-corrected chi connectivity index (χ4v) is 1.43. The lowest BCUT2D eigenvalue weighted by molar-refractivity contribution is -0.384. The molecule has 0 aliphatic carbocycles. The zero-order valence-corrected chi connectivity index (χ0v) is 9.78. The van der Waals surface area contributed by atoms with Crippen LogP contribution in [-0.2, 0) is 0 Å². The molecule has 0 fully saturated rings. The number of anilines is 1. The number of nitrogens with zero attached hydrogens (tertiary/aromatic N) is 2. The number of amides is 1. The zero-order valence-electron chi connectivity index (χ0n) is 9.78. The number of hydrogen-bond acceptors (Lipinski definition) is 6. The summed E-state index contributed by atoms with van der Waals surface area (Å²) in [6.07, 6.45) is 1.38. The molecule has 1 aromatic carbocycles. The molecule has 2 aromatic rings. The van der Waals surface area contributed by atoms with Gasteiger partial charge in [0.25, 0.3) is 11.6 Å². The molecule has 2 rings (SSSR count). The largest absolute Gasteiger partial charge is 0.506 e. The van der Waals surface area contributed by atoms with Crippen molar-refractivity contribution in [2.75, 3.05) is 5.32 Å². The van der Waals surface area contributed by atoms with Crippen molar-refractivity contribution in [3.8, 4) is 5.75 Å². The van der Waals surface area contributed by atoms with Crippen LogP contribution in [0.25, 0.3) is 0 Å². The first-order valence-electron chi connectivity index (χ1n) is 5.19. The highest BCUT2D eigenvalue weighted by atomic mass is 16.6. The van der Waals surface area contributed by atoms with Crippen LogP contribution in [-0.4, -0.2) is 21.1 Å². The van der Waals surface area contributed by atoms with Gasteiger partial charge in [0.2, 0.25) is 5.76 Å². The molecule has 2 N–H and O–H groups in total. The van der Waals surface area contributed by atoms with Crippen LogP contribution in [0.3, 0.4) is 0 Å². The van der Waals surface area contributed by atoms with Crippen LogP contribution in [0.15, 0.2) is 28.9 Å². The first-order valence-corrected chi connectivity index (χ1v) is 5.19. The van der Waals surface area contributed by atoms with E-state index in [1.807, 2.05) is 0 Å². The van der Waals surface area contributed by atoms with Crippen LogP contribution in [0.1, 0.15) is 16.1 Å². The van der Waals surface area contributed by atoms with Crippen LogP contribution < -0.4 is 5.32 Å². The molecule has 0 saturated carbocycles. The molecule has 0 saturated heterocycles. The Labute approximate surface area is 106 Å². The van der Waals surface area contributed by atoms with Crippen LogP contribution in [0, 0.1) is 17.0 Å². The third-order valence-corrected chi connectivity index (χ3v) is 2.40. The molecule has 0 radical (unpaired) electrons. The van der Waals surface area contributed by atoms with Gasteiger partial charge >= 0.3 is 0 Å². The number of carbonyl (C=O) groups is 1. The lowest BCUT2D eigenvalue weighted by atomic mass is 10.2. The highest BCUT2D eigenvalue weighted by molar-refractivity contribution is 6.03. The Hall–Kier alpha value is -2.90. The van der Waals surface area contributed by atoms with Gasteiger partial charge in [0.05, 0.1) is 22.9 Å². The Balaban J connectivity index is 2.23. The van der Waals surface area contributed by atoms with Crippen molar-refractivity contribution in [1.29, 1.82) is 0 Å². The van der Waals surface area contributed by atoms with E-state index in [1.54, 1.807) is 6.92 Å². The summed E-state index contributed by atoms with van der Waals surface area (Å²) < 4.78 is 4.75. The van der Waals surface area contributed by atoms with Crippen molar-refractivity contribution < 1.29 is 19.3 Å². The number of benzene rings is 1. The van der Waals surface area contributed by atoms with Crippen molar-refractivity contribution in [3.63, 3.8) is 0 Å². The summed E-state index contributed by atoms with van der Waals surface area (Å²) in [5.41, 5.74) is 0.316. The van der Waals surface area contributed by atoms with E-state index in [9.17, 15) is 20.0 Å². The van der Waals surface area contributed by atoms with E-state index in [0.29, 0.717) is 5.56 Å². The predicted molar refractivity (Wildman–Crippen MR) is 64.0 cm³/mol. The zero-order chi connectivity index (χ0) is 14.0. The van der Waals surface area contributed by atoms with Gasteiger partial charge in [-0.15, -0.1) is 0 Å². The number of aromatic nitrogens is 1. The van der Waals surface area contributed by atoms with Gasteiger partial charge < -0.3 is 14.9 Å². The van der Waals surface area contributed by atoms with Gasteiger partial charge in [-0.3, -0.25) is 14.9 Å². The van der Waals surface area contributed by atoms with Crippen LogP contribution in [0.5, 0.6) is 5.75 Å². The Kier molecular flexibility index (Phi) is 3.15. The number of carbonyl (C=O) groups excluding carboxylic acids is 1. The summed E-state index contributed by atoms with van der Waals surface area (Å²) in [6.45, 7) is 1.64. The third kappa shape index (κ3) is 2.51. The molecule has 0 atom stereocenters. The third-order valence-electron chi connectivity index (χ3n) is 2.40. The smallest absolute Gasteiger partial charge is 0.294 e. The Morgan fingerprint density at radius 3 is 2.79 bits per heavy atom. The second-order valence-corrected chi connectivity index (χ2v) is 3.75. The maximum absolute atomic E-state index is 11.8. The lowest BCUT2D eigenvalue weighted by Gasteiger charge is -2.05. The van der Waals surface area contributed by atoms with Crippen molar-refractivity contribution >= 4 is 17.3 Å². The summed E-state index contributed by atoms with van der Waals surface area (Å²) in [5.74, 6) is -0.989. The maximum Gasteiger partial charge on any atom is 0.294 e. The van der Waals surface area contributed by atoms with Gasteiger partial charge in [0, 0.05) is 11.6 Å². The van der Waals surface area contributed by atoms with Crippen molar-refractivity contribution in [2.45, 2.75) is 6.92 Å². The van der Waals surface area contributed by atoms with Crippen molar-refractivity contribution in [2.24, 2.45) is 0 Å². The Bertz CT molecular complexity index is 650. The van der Waals surface area contributed by atoms with Crippen LogP contribution in [0.4, 0.5) is 11.4 Å². The first-order chi connectivity index (χ1) is 8.99. The lowest BCUT2D eigenvalue weighted by Crippen LogP contribution is -2.12. The van der Waals surface area contributed by atoms with E-state index < -0.39 is 16.6 Å². The van der Waals surface area contributed by atoms with Gasteiger partial charge in [-0.2, -0.15) is 0 Å². The highest BCUT2D eigenvalue weighted by Gasteiger charge is 2.17. The summed E-state index contributed by atoms with van der Waals surface area (Å²) in [4.78, 5) is 21.6. The van der Waals surface area contributed by atoms with Crippen molar-refractivity contribution in [3.05, 3.63) is 45.8 Å². The summed E-state index contributed by atoms with van der Waals surface area (Å²) >= 11 is 0. The standard InChI is InChI=1S/C11H9N3O5/c1-6-5-12-19-10(6)11(16)13-8-3-2-7(14(17)18)4-9(8)15/h2-5,15H,1H3,(H,13,16). The van der Waals surface area contributed by atoms with E-state index in [2.05, 4.69) is 10.5 Å². The van der Waals surface area contributed by atoms with Crippen LogP contribution in [0.2, 0.25) is 0 Å². The summed E-state index contributed by atoms with van der Waals surface area (Å²) in [5, 5.41) is 25.9. The number of phenolic OH excluding ortho intramolecular Hbond substituents is 1. The van der Waals surface area contributed by atoms with E-state index in [1.165, 1.54) is 18.3 Å². The molecule has 1 heterocycles. The van der Waals surface area contributed by atoms with E-state index in [4.69, 9.17) is 4.52 Å². The average molecular weight is 263 g/mol. The molecule has 0 spiro atoms. The second-order valence-electron chi connectivity index (χ2n) is 3.75. The normalized spacial score (nSPS) is 10.2. The number of non-ortho nitro benzene ring substituents is 1. The van der Waals surface area contributed by atoms with E-state index >= 15 is 0 Å². The maximum atomic E-state index is 11.8. The topological polar surface area (TPSA) is 119 Å². The number of hydrogen-bond donors (Lipinski definition) is 2. The number of nitro groups is 1. The summed E-state index contributed by atoms with van der Waals surface area (Å²) in [7, 11) is 0. The molecule has 0 unspecified atom stereocenters. The number of aryl methyl sites for hydroxylation is 1. The SMILES string of the molecule is Cc1cnoc1C(=O)Nc1ccc([N+](=O)[O-])cc1O. The molecule has 8 nitrogen and oxygen atoms in total. The molecule has 0 aliphatic heterocycles. The minimum Gasteiger partial charge on any atom is -0.506 e. The molecule has 8 heteroatoms. The van der Waals surface area contributed by atoms with E-state index in [-0.39, 0.29) is 17.1 Å². The first kappa shape index (κ1) is 12.6. The quantitative estimate of drug-likeness (QED) is 0.495. The molecule has 0 aliphatic rings. The predicted octanol–water partition coefficient (Wildman–Crippen LogP) is 1.85.